The Bertz CT molecular complexity index is 800. The third-order valence-corrected chi connectivity index (χ3v) is 3.93. The molecule has 3 rings (SSSR count). The van der Waals surface area contributed by atoms with E-state index in [4.69, 9.17) is 9.47 Å². The first-order chi connectivity index (χ1) is 12.6. The topological polar surface area (TPSA) is 89.0 Å². The molecule has 0 spiro atoms. The fourth-order valence-corrected chi connectivity index (χ4v) is 2.44. The van der Waals surface area contributed by atoms with Crippen molar-refractivity contribution in [3.05, 3.63) is 47.8 Å². The van der Waals surface area contributed by atoms with Gasteiger partial charge in [0.25, 0.3) is 5.91 Å². The minimum Gasteiger partial charge on any atom is -0.493 e. The SMILES string of the molecule is CCCOc1cc(Oc2ccc(C(=O)N3CCC3)nc2)cc(C(=O)O)c1. The van der Waals surface area contributed by atoms with E-state index < -0.39 is 5.97 Å². The van der Waals surface area contributed by atoms with Crippen LogP contribution in [-0.4, -0.2) is 46.6 Å². The van der Waals surface area contributed by atoms with Crippen LogP contribution in [0.25, 0.3) is 0 Å². The van der Waals surface area contributed by atoms with E-state index in [9.17, 15) is 14.7 Å². The number of hydrogen-bond donors (Lipinski definition) is 1. The van der Waals surface area contributed by atoms with Crippen LogP contribution in [0.1, 0.15) is 40.6 Å². The molecule has 0 unspecified atom stereocenters. The highest BCUT2D eigenvalue weighted by Crippen LogP contribution is 2.27. The molecule has 0 bridgehead atoms. The number of aromatic nitrogens is 1. The molecule has 1 aliphatic rings. The molecule has 26 heavy (non-hydrogen) atoms. The first-order valence-corrected chi connectivity index (χ1v) is 8.51. The lowest BCUT2D eigenvalue weighted by atomic mass is 10.2. The molecular weight excluding hydrogens is 336 g/mol. The normalized spacial score (nSPS) is 13.0. The summed E-state index contributed by atoms with van der Waals surface area (Å²) in [4.78, 5) is 29.3. The van der Waals surface area contributed by atoms with Gasteiger partial charge in [0.05, 0.1) is 18.4 Å². The van der Waals surface area contributed by atoms with Crippen LogP contribution in [0, 0.1) is 0 Å². The van der Waals surface area contributed by atoms with Crippen molar-refractivity contribution in [2.45, 2.75) is 19.8 Å². The van der Waals surface area contributed by atoms with E-state index in [2.05, 4.69) is 4.98 Å². The summed E-state index contributed by atoms with van der Waals surface area (Å²) in [5, 5.41) is 9.24. The van der Waals surface area contributed by atoms with Crippen molar-refractivity contribution in [3.8, 4) is 17.2 Å². The predicted octanol–water partition coefficient (Wildman–Crippen LogP) is 3.21. The molecule has 136 valence electrons. The van der Waals surface area contributed by atoms with Crippen molar-refractivity contribution in [1.82, 2.24) is 9.88 Å². The van der Waals surface area contributed by atoms with Gasteiger partial charge in [-0.05, 0) is 37.1 Å². The molecule has 0 radical (unpaired) electrons. The first kappa shape index (κ1) is 17.7. The molecular formula is C19H20N2O5. The third-order valence-electron chi connectivity index (χ3n) is 3.93. The summed E-state index contributed by atoms with van der Waals surface area (Å²) in [5.74, 6) is 0.0180. The van der Waals surface area contributed by atoms with Crippen LogP contribution < -0.4 is 9.47 Å². The monoisotopic (exact) mass is 356 g/mol. The van der Waals surface area contributed by atoms with E-state index in [1.54, 1.807) is 23.1 Å². The summed E-state index contributed by atoms with van der Waals surface area (Å²) in [7, 11) is 0. The molecule has 2 aromatic rings. The number of likely N-dealkylation sites (tertiary alicyclic amines) is 1. The predicted molar refractivity (Wildman–Crippen MR) is 94.0 cm³/mol. The van der Waals surface area contributed by atoms with Crippen molar-refractivity contribution < 1.29 is 24.2 Å². The van der Waals surface area contributed by atoms with Gasteiger partial charge in [0.1, 0.15) is 22.9 Å². The van der Waals surface area contributed by atoms with E-state index >= 15 is 0 Å². The third kappa shape index (κ3) is 4.11. The lowest BCUT2D eigenvalue weighted by Crippen LogP contribution is -2.42. The molecule has 1 fully saturated rings. The number of amides is 1. The Morgan fingerprint density at radius 3 is 2.50 bits per heavy atom. The molecule has 1 aliphatic heterocycles. The summed E-state index contributed by atoms with van der Waals surface area (Å²) < 4.78 is 11.2. The highest BCUT2D eigenvalue weighted by Gasteiger charge is 2.22. The molecule has 7 heteroatoms. The minimum atomic E-state index is -1.06. The van der Waals surface area contributed by atoms with Crippen molar-refractivity contribution in [2.75, 3.05) is 19.7 Å². The van der Waals surface area contributed by atoms with Crippen molar-refractivity contribution >= 4 is 11.9 Å². The number of carboxylic acid groups (broad SMARTS) is 1. The van der Waals surface area contributed by atoms with Gasteiger partial charge in [0.15, 0.2) is 0 Å². The quantitative estimate of drug-likeness (QED) is 0.819. The fourth-order valence-electron chi connectivity index (χ4n) is 2.44. The van der Waals surface area contributed by atoms with Gasteiger partial charge in [-0.3, -0.25) is 4.79 Å². The van der Waals surface area contributed by atoms with Gasteiger partial charge in [-0.2, -0.15) is 0 Å². The molecule has 7 nitrogen and oxygen atoms in total. The highest BCUT2D eigenvalue weighted by molar-refractivity contribution is 5.92. The van der Waals surface area contributed by atoms with E-state index in [1.807, 2.05) is 6.92 Å². The van der Waals surface area contributed by atoms with Gasteiger partial charge in [-0.15, -0.1) is 0 Å². The molecule has 1 aromatic heterocycles. The maximum absolute atomic E-state index is 12.1. The zero-order valence-corrected chi connectivity index (χ0v) is 14.5. The van der Waals surface area contributed by atoms with Crippen LogP contribution in [0.3, 0.4) is 0 Å². The Hall–Kier alpha value is -3.09. The number of carbonyl (C=O) groups excluding carboxylic acids is 1. The molecule has 1 aromatic carbocycles. The summed E-state index contributed by atoms with van der Waals surface area (Å²) in [6.45, 7) is 3.98. The number of pyridine rings is 1. The van der Waals surface area contributed by atoms with Crippen molar-refractivity contribution in [2.24, 2.45) is 0 Å². The summed E-state index contributed by atoms with van der Waals surface area (Å²) >= 11 is 0. The Labute approximate surface area is 151 Å². The molecule has 0 atom stereocenters. The molecule has 1 amide bonds. The van der Waals surface area contributed by atoms with Crippen LogP contribution in [0.4, 0.5) is 0 Å². The number of aromatic carboxylic acids is 1. The maximum atomic E-state index is 12.1. The zero-order valence-electron chi connectivity index (χ0n) is 14.5. The van der Waals surface area contributed by atoms with Crippen LogP contribution in [-0.2, 0) is 0 Å². The number of carboxylic acids is 1. The standard InChI is InChI=1S/C19H20N2O5/c1-2-8-25-15-9-13(19(23)24)10-16(11-15)26-14-4-5-17(20-12-14)18(22)21-6-3-7-21/h4-5,9-12H,2-3,6-8H2,1H3,(H,23,24). The second kappa shape index (κ2) is 7.86. The molecule has 1 N–H and O–H groups in total. The number of nitrogens with zero attached hydrogens (tertiary/aromatic N) is 2. The van der Waals surface area contributed by atoms with Gasteiger partial charge in [-0.25, -0.2) is 9.78 Å². The molecule has 0 aliphatic carbocycles. The Kier molecular flexibility index (Phi) is 5.36. The van der Waals surface area contributed by atoms with Gasteiger partial charge in [-0.1, -0.05) is 6.92 Å². The summed E-state index contributed by atoms with van der Waals surface area (Å²) in [5.41, 5.74) is 0.439. The van der Waals surface area contributed by atoms with Crippen LogP contribution in [0.2, 0.25) is 0 Å². The first-order valence-electron chi connectivity index (χ1n) is 8.51. The van der Waals surface area contributed by atoms with E-state index in [0.717, 1.165) is 25.9 Å². The smallest absolute Gasteiger partial charge is 0.335 e. The van der Waals surface area contributed by atoms with Crippen LogP contribution in [0.15, 0.2) is 36.5 Å². The van der Waals surface area contributed by atoms with Crippen LogP contribution in [0.5, 0.6) is 17.2 Å². The minimum absolute atomic E-state index is 0.0751. The highest BCUT2D eigenvalue weighted by atomic mass is 16.5. The number of hydrogen-bond acceptors (Lipinski definition) is 5. The van der Waals surface area contributed by atoms with Gasteiger partial charge in [0.2, 0.25) is 0 Å². The van der Waals surface area contributed by atoms with E-state index in [-0.39, 0.29) is 11.5 Å². The average Bonchev–Trinajstić information content (AvgIpc) is 2.59. The fraction of sp³-hybridized carbons (Fsp3) is 0.316. The maximum Gasteiger partial charge on any atom is 0.335 e. The Morgan fingerprint density at radius 1 is 1.15 bits per heavy atom. The van der Waals surface area contributed by atoms with Crippen molar-refractivity contribution in [3.63, 3.8) is 0 Å². The van der Waals surface area contributed by atoms with Gasteiger partial charge in [0, 0.05) is 19.2 Å². The molecule has 1 saturated heterocycles. The van der Waals surface area contributed by atoms with E-state index in [1.165, 1.54) is 18.3 Å². The Morgan fingerprint density at radius 2 is 1.92 bits per heavy atom. The molecule has 0 saturated carbocycles. The zero-order chi connectivity index (χ0) is 18.5. The number of carbonyl (C=O) groups is 2. The largest absolute Gasteiger partial charge is 0.493 e. The summed E-state index contributed by atoms with van der Waals surface area (Å²) in [6, 6.07) is 7.74. The lowest BCUT2D eigenvalue weighted by molar-refractivity contribution is 0.0644. The molecule has 2 heterocycles. The number of benzene rings is 1. The Balaban J connectivity index is 1.75. The van der Waals surface area contributed by atoms with Crippen molar-refractivity contribution in [1.29, 1.82) is 0 Å². The second-order valence-electron chi connectivity index (χ2n) is 5.97. The second-order valence-corrected chi connectivity index (χ2v) is 5.97. The van der Waals surface area contributed by atoms with Gasteiger partial charge < -0.3 is 19.5 Å². The van der Waals surface area contributed by atoms with Crippen LogP contribution >= 0.6 is 0 Å². The summed E-state index contributed by atoms with van der Waals surface area (Å²) in [6.07, 6.45) is 3.28. The number of ether oxygens (including phenoxy) is 2. The average molecular weight is 356 g/mol. The van der Waals surface area contributed by atoms with Gasteiger partial charge >= 0.3 is 5.97 Å². The van der Waals surface area contributed by atoms with E-state index in [0.29, 0.717) is 29.5 Å². The lowest BCUT2D eigenvalue weighted by Gasteiger charge is -2.30. The number of rotatable bonds is 7.